The summed E-state index contributed by atoms with van der Waals surface area (Å²) in [6, 6.07) is 14.5. The number of likely N-dealkylation sites (tertiary alicyclic amines) is 1. The SMILES string of the molecule is Cc1cccnc1-c1cc(CN2CC[C@@]3(C[C@@H]2C)C(=O)CS(=O)(=O)N3c2cccc(F)c2)ccc1O. The molecule has 2 aromatic carbocycles. The predicted octanol–water partition coefficient (Wildman–Crippen LogP) is 4.04. The van der Waals surface area contributed by atoms with Gasteiger partial charge in [-0.2, -0.15) is 0 Å². The van der Waals surface area contributed by atoms with Crippen LogP contribution in [0.5, 0.6) is 5.75 Å². The number of piperidine rings is 1. The van der Waals surface area contributed by atoms with Crippen molar-refractivity contribution in [2.45, 2.75) is 44.8 Å². The predicted molar refractivity (Wildman–Crippen MR) is 136 cm³/mol. The van der Waals surface area contributed by atoms with Crippen LogP contribution in [0, 0.1) is 12.7 Å². The molecule has 1 N–H and O–H groups in total. The number of benzene rings is 2. The monoisotopic (exact) mass is 509 g/mol. The first-order valence-corrected chi connectivity index (χ1v) is 13.5. The number of aromatic hydroxyl groups is 1. The highest BCUT2D eigenvalue weighted by molar-refractivity contribution is 7.94. The van der Waals surface area contributed by atoms with Crippen LogP contribution in [0.3, 0.4) is 0 Å². The van der Waals surface area contributed by atoms with Crippen LogP contribution >= 0.6 is 0 Å². The van der Waals surface area contributed by atoms with E-state index in [0.29, 0.717) is 31.5 Å². The Morgan fingerprint density at radius 3 is 2.69 bits per heavy atom. The van der Waals surface area contributed by atoms with Crippen molar-refractivity contribution in [3.05, 3.63) is 77.7 Å². The molecule has 0 saturated carbocycles. The molecule has 1 aromatic heterocycles. The molecule has 0 bridgehead atoms. The Hall–Kier alpha value is -3.30. The number of nitrogens with zero attached hydrogens (tertiary/aromatic N) is 3. The van der Waals surface area contributed by atoms with Crippen molar-refractivity contribution in [1.29, 1.82) is 0 Å². The summed E-state index contributed by atoms with van der Waals surface area (Å²) in [6.45, 7) is 4.98. The second kappa shape index (κ2) is 8.97. The molecular formula is C27H28FN3O4S. The minimum Gasteiger partial charge on any atom is -0.507 e. The van der Waals surface area contributed by atoms with Crippen molar-refractivity contribution >= 4 is 21.5 Å². The number of pyridine rings is 1. The topological polar surface area (TPSA) is 90.8 Å². The average Bonchev–Trinajstić information content (AvgIpc) is 3.01. The number of hydrogen-bond acceptors (Lipinski definition) is 6. The zero-order valence-corrected chi connectivity index (χ0v) is 21.0. The number of anilines is 1. The van der Waals surface area contributed by atoms with Gasteiger partial charge in [0.1, 0.15) is 22.9 Å². The lowest BCUT2D eigenvalue weighted by molar-refractivity contribution is -0.123. The van der Waals surface area contributed by atoms with Crippen molar-refractivity contribution in [3.8, 4) is 17.0 Å². The average molecular weight is 510 g/mol. The zero-order chi connectivity index (χ0) is 25.7. The summed E-state index contributed by atoms with van der Waals surface area (Å²) in [6.07, 6.45) is 2.32. The van der Waals surface area contributed by atoms with Crippen molar-refractivity contribution in [3.63, 3.8) is 0 Å². The standard InChI is InChI=1S/C27H28FN3O4S/c1-18-5-4-11-29-26(18)23-13-20(8-9-24(23)32)16-30-12-10-27(15-19(30)2)25(33)17-36(34,35)31(27)22-7-3-6-21(28)14-22/h3-9,11,13-14,19,32H,10,12,15-17H2,1-2H3/t19-,27+/m0/s1. The lowest BCUT2D eigenvalue weighted by atomic mass is 9.80. The van der Waals surface area contributed by atoms with Gasteiger partial charge >= 0.3 is 0 Å². The van der Waals surface area contributed by atoms with E-state index in [2.05, 4.69) is 9.88 Å². The fourth-order valence-corrected chi connectivity index (χ4v) is 7.53. The summed E-state index contributed by atoms with van der Waals surface area (Å²) in [4.78, 5) is 19.8. The van der Waals surface area contributed by atoms with E-state index in [4.69, 9.17) is 0 Å². The number of hydrogen-bond donors (Lipinski definition) is 1. The fraction of sp³-hybridized carbons (Fsp3) is 0.333. The number of halogens is 1. The Morgan fingerprint density at radius 2 is 1.97 bits per heavy atom. The number of carbonyl (C=O) groups excluding carboxylic acids is 1. The first-order valence-electron chi connectivity index (χ1n) is 11.9. The molecule has 7 nitrogen and oxygen atoms in total. The zero-order valence-electron chi connectivity index (χ0n) is 20.2. The summed E-state index contributed by atoms with van der Waals surface area (Å²) in [5.41, 5.74) is 2.28. The third-order valence-electron chi connectivity index (χ3n) is 7.32. The number of aryl methyl sites for hydroxylation is 1. The highest BCUT2D eigenvalue weighted by atomic mass is 32.2. The van der Waals surface area contributed by atoms with E-state index in [0.717, 1.165) is 16.8 Å². The maximum absolute atomic E-state index is 14.0. The van der Waals surface area contributed by atoms with Gasteiger partial charge in [0.25, 0.3) is 0 Å². The van der Waals surface area contributed by atoms with Crippen LogP contribution in [0.25, 0.3) is 11.3 Å². The van der Waals surface area contributed by atoms with Crippen molar-refractivity contribution in [1.82, 2.24) is 9.88 Å². The number of Topliss-reactive ketones (excluding diaryl/α,β-unsaturated/α-hetero) is 1. The van der Waals surface area contributed by atoms with E-state index >= 15 is 0 Å². The Morgan fingerprint density at radius 1 is 1.17 bits per heavy atom. The highest BCUT2D eigenvalue weighted by Gasteiger charge is 2.58. The normalized spacial score (nSPS) is 23.9. The van der Waals surface area contributed by atoms with Gasteiger partial charge in [-0.1, -0.05) is 18.2 Å². The lowest BCUT2D eigenvalue weighted by Crippen LogP contribution is -2.59. The second-order valence-corrected chi connectivity index (χ2v) is 11.6. The van der Waals surface area contributed by atoms with Crippen LogP contribution in [0.4, 0.5) is 10.1 Å². The highest BCUT2D eigenvalue weighted by Crippen LogP contribution is 2.43. The summed E-state index contributed by atoms with van der Waals surface area (Å²) in [7, 11) is -3.90. The molecule has 2 fully saturated rings. The third kappa shape index (κ3) is 4.16. The number of aromatic nitrogens is 1. The first kappa shape index (κ1) is 24.4. The summed E-state index contributed by atoms with van der Waals surface area (Å²) in [5, 5.41) is 10.5. The van der Waals surface area contributed by atoms with Crippen molar-refractivity contribution in [2.75, 3.05) is 16.6 Å². The molecule has 0 radical (unpaired) electrons. The fourth-order valence-electron chi connectivity index (χ4n) is 5.57. The molecule has 2 aliphatic rings. The molecule has 0 unspecified atom stereocenters. The molecule has 0 amide bonds. The van der Waals surface area contributed by atoms with E-state index in [1.165, 1.54) is 28.6 Å². The molecule has 2 atom stereocenters. The summed E-state index contributed by atoms with van der Waals surface area (Å²) < 4.78 is 41.2. The maximum atomic E-state index is 14.0. The van der Waals surface area contributed by atoms with Gasteiger partial charge in [-0.3, -0.25) is 19.0 Å². The van der Waals surface area contributed by atoms with Gasteiger partial charge in [-0.15, -0.1) is 0 Å². The molecule has 1 spiro atoms. The smallest absolute Gasteiger partial charge is 0.243 e. The van der Waals surface area contributed by atoms with E-state index in [9.17, 15) is 22.7 Å². The van der Waals surface area contributed by atoms with Gasteiger partial charge in [0.15, 0.2) is 5.78 Å². The number of phenolic OH excluding ortho intramolecular Hbond substituents is 1. The van der Waals surface area contributed by atoms with Crippen LogP contribution in [0.1, 0.15) is 30.9 Å². The van der Waals surface area contributed by atoms with Crippen molar-refractivity contribution < 1.29 is 22.7 Å². The quantitative estimate of drug-likeness (QED) is 0.571. The van der Waals surface area contributed by atoms with Gasteiger partial charge in [-0.05, 0) is 74.2 Å². The second-order valence-electron chi connectivity index (χ2n) is 9.75. The largest absolute Gasteiger partial charge is 0.507 e. The summed E-state index contributed by atoms with van der Waals surface area (Å²) >= 11 is 0. The van der Waals surface area contributed by atoms with Gasteiger partial charge in [0.2, 0.25) is 10.0 Å². The van der Waals surface area contributed by atoms with Crippen LogP contribution in [0.2, 0.25) is 0 Å². The molecule has 9 heteroatoms. The third-order valence-corrected chi connectivity index (χ3v) is 9.07. The number of sulfonamides is 1. The molecule has 0 aliphatic carbocycles. The Balaban J connectivity index is 1.41. The minimum absolute atomic E-state index is 0.110. The van der Waals surface area contributed by atoms with Gasteiger partial charge in [0.05, 0.1) is 11.4 Å². The van der Waals surface area contributed by atoms with E-state index in [-0.39, 0.29) is 23.3 Å². The molecule has 188 valence electrons. The minimum atomic E-state index is -3.90. The maximum Gasteiger partial charge on any atom is 0.243 e. The Bertz CT molecular complexity index is 1440. The summed E-state index contributed by atoms with van der Waals surface area (Å²) in [5.74, 6) is -1.30. The molecule has 5 rings (SSSR count). The molecular weight excluding hydrogens is 481 g/mol. The number of phenols is 1. The first-order chi connectivity index (χ1) is 17.1. The number of ketones is 1. The molecule has 2 saturated heterocycles. The van der Waals surface area contributed by atoms with Crippen LogP contribution in [0.15, 0.2) is 60.8 Å². The Labute approximate surface area is 210 Å². The van der Waals surface area contributed by atoms with E-state index in [1.54, 1.807) is 12.3 Å². The van der Waals surface area contributed by atoms with Gasteiger partial charge in [-0.25, -0.2) is 12.8 Å². The van der Waals surface area contributed by atoms with E-state index < -0.39 is 27.1 Å². The van der Waals surface area contributed by atoms with Gasteiger partial charge in [0, 0.05) is 30.9 Å². The van der Waals surface area contributed by atoms with Gasteiger partial charge < -0.3 is 5.11 Å². The van der Waals surface area contributed by atoms with Crippen LogP contribution in [-0.2, 0) is 21.4 Å². The molecule has 3 aromatic rings. The van der Waals surface area contributed by atoms with E-state index in [1.807, 2.05) is 38.1 Å². The molecule has 36 heavy (non-hydrogen) atoms. The van der Waals surface area contributed by atoms with Crippen LogP contribution < -0.4 is 4.31 Å². The molecule has 2 aliphatic heterocycles. The number of carbonyl (C=O) groups is 1. The lowest BCUT2D eigenvalue weighted by Gasteiger charge is -2.46. The Kier molecular flexibility index (Phi) is 6.08. The number of rotatable bonds is 4. The van der Waals surface area contributed by atoms with Crippen molar-refractivity contribution in [2.24, 2.45) is 0 Å². The molecule has 3 heterocycles. The van der Waals surface area contributed by atoms with Crippen LogP contribution in [-0.4, -0.2) is 53.1 Å².